The molecule has 0 aliphatic heterocycles. The van der Waals surface area contributed by atoms with Gasteiger partial charge in [-0.05, 0) is 54.8 Å². The van der Waals surface area contributed by atoms with E-state index in [-0.39, 0.29) is 12.5 Å². The normalized spacial score (nSPS) is 10.9. The van der Waals surface area contributed by atoms with Crippen molar-refractivity contribution in [2.75, 3.05) is 25.6 Å². The molecule has 8 heteroatoms. The zero-order chi connectivity index (χ0) is 26.6. The first-order chi connectivity index (χ1) is 18.0. The molecule has 6 nitrogen and oxygen atoms in total. The number of thiophene rings is 1. The number of amides is 1. The minimum atomic E-state index is -0.476. The molecule has 37 heavy (non-hydrogen) atoms. The molecule has 0 atom stereocenters. The first kappa shape index (κ1) is 28.5. The molecule has 1 heterocycles. The number of hydrogen-bond acceptors (Lipinski definition) is 6. The molecule has 0 spiro atoms. The quantitative estimate of drug-likeness (QED) is 0.125. The molecule has 3 rings (SSSR count). The van der Waals surface area contributed by atoms with E-state index >= 15 is 0 Å². The zero-order valence-corrected chi connectivity index (χ0v) is 23.7. The summed E-state index contributed by atoms with van der Waals surface area (Å²) in [6.07, 6.45) is 7.63. The monoisotopic (exact) mass is 585 g/mol. The van der Waals surface area contributed by atoms with Crippen LogP contribution in [0, 0.1) is 0 Å². The second-order valence-corrected chi connectivity index (χ2v) is 10.0. The predicted octanol–water partition coefficient (Wildman–Crippen LogP) is 7.97. The lowest BCUT2D eigenvalue weighted by molar-refractivity contribution is -0.111. The fourth-order valence-corrected chi connectivity index (χ4v) is 4.87. The Hall–Kier alpha value is -3.10. The molecule has 0 fully saturated rings. The van der Waals surface area contributed by atoms with Crippen LogP contribution in [0.4, 0.5) is 5.00 Å². The number of esters is 1. The van der Waals surface area contributed by atoms with Crippen LogP contribution in [-0.4, -0.2) is 32.2 Å². The van der Waals surface area contributed by atoms with Gasteiger partial charge in [0.25, 0.3) is 0 Å². The number of halogens is 1. The van der Waals surface area contributed by atoms with Crippen molar-refractivity contribution in [1.29, 1.82) is 0 Å². The van der Waals surface area contributed by atoms with Gasteiger partial charge in [-0.25, -0.2) is 4.79 Å². The molecule has 0 saturated carbocycles. The molecule has 0 aliphatic rings. The van der Waals surface area contributed by atoms with E-state index in [0.29, 0.717) is 34.2 Å². The third-order valence-corrected chi connectivity index (χ3v) is 6.96. The molecular formula is C29H32BrNO5S. The molecule has 0 radical (unpaired) electrons. The maximum absolute atomic E-state index is 12.8. The highest BCUT2D eigenvalue weighted by atomic mass is 79.9. The fourth-order valence-electron chi connectivity index (χ4n) is 3.64. The molecule has 0 bridgehead atoms. The van der Waals surface area contributed by atoms with Gasteiger partial charge in [-0.1, -0.05) is 60.3 Å². The van der Waals surface area contributed by atoms with Crippen molar-refractivity contribution >= 4 is 50.2 Å². The lowest BCUT2D eigenvalue weighted by atomic mass is 10.0. The molecular weight excluding hydrogens is 554 g/mol. The lowest BCUT2D eigenvalue weighted by Gasteiger charge is -2.11. The zero-order valence-electron chi connectivity index (χ0n) is 21.3. The summed E-state index contributed by atoms with van der Waals surface area (Å²) < 4.78 is 17.5. The molecule has 0 saturated heterocycles. The van der Waals surface area contributed by atoms with Gasteiger partial charge in [0.15, 0.2) is 11.5 Å². The summed E-state index contributed by atoms with van der Waals surface area (Å²) in [4.78, 5) is 25.5. The summed E-state index contributed by atoms with van der Waals surface area (Å²) in [6, 6.07) is 13.2. The van der Waals surface area contributed by atoms with Gasteiger partial charge in [0.05, 0.1) is 20.3 Å². The Morgan fingerprint density at radius 3 is 2.51 bits per heavy atom. The van der Waals surface area contributed by atoms with Crippen molar-refractivity contribution in [3.63, 3.8) is 0 Å². The molecule has 1 amide bonds. The van der Waals surface area contributed by atoms with Gasteiger partial charge in [0.1, 0.15) is 10.6 Å². The number of ether oxygens (including phenoxy) is 3. The summed E-state index contributed by atoms with van der Waals surface area (Å²) in [5.74, 6) is 0.458. The summed E-state index contributed by atoms with van der Waals surface area (Å²) >= 11 is 4.71. The Balaban J connectivity index is 1.72. The largest absolute Gasteiger partial charge is 0.493 e. The van der Waals surface area contributed by atoms with E-state index in [0.717, 1.165) is 28.4 Å². The van der Waals surface area contributed by atoms with E-state index in [2.05, 4.69) is 28.2 Å². The van der Waals surface area contributed by atoms with Crippen LogP contribution < -0.4 is 14.8 Å². The average molecular weight is 587 g/mol. The topological polar surface area (TPSA) is 73.9 Å². The van der Waals surface area contributed by atoms with E-state index in [1.54, 1.807) is 20.1 Å². The third kappa shape index (κ3) is 8.20. The molecule has 0 aliphatic carbocycles. The Morgan fingerprint density at radius 2 is 1.81 bits per heavy atom. The standard InChI is InChI=1S/C29H32BrNO5S/c1-4-6-7-8-17-36-24-15-9-20(18-25(24)34-3)10-16-26(32)31-28-27(29(33)35-5-2)23(19-37-28)21-11-13-22(30)14-12-21/h9-16,18-19H,4-8,17H2,1-3H3,(H,31,32)/b16-10+. The number of hydrogen-bond donors (Lipinski definition) is 1. The second kappa shape index (κ2) is 14.6. The van der Waals surface area contributed by atoms with E-state index in [9.17, 15) is 9.59 Å². The number of unbranched alkanes of at least 4 members (excludes halogenated alkanes) is 3. The van der Waals surface area contributed by atoms with Gasteiger partial charge in [-0.2, -0.15) is 0 Å². The van der Waals surface area contributed by atoms with Crippen molar-refractivity contribution in [1.82, 2.24) is 0 Å². The summed E-state index contributed by atoms with van der Waals surface area (Å²) in [6.45, 7) is 4.81. The van der Waals surface area contributed by atoms with E-state index in [1.807, 2.05) is 47.8 Å². The number of methoxy groups -OCH3 is 1. The molecule has 0 unspecified atom stereocenters. The van der Waals surface area contributed by atoms with Gasteiger partial charge in [-0.15, -0.1) is 11.3 Å². The summed E-state index contributed by atoms with van der Waals surface area (Å²) in [7, 11) is 1.59. The Morgan fingerprint density at radius 1 is 1.03 bits per heavy atom. The maximum Gasteiger partial charge on any atom is 0.341 e. The van der Waals surface area contributed by atoms with Gasteiger partial charge >= 0.3 is 5.97 Å². The molecule has 3 aromatic rings. The first-order valence-corrected chi connectivity index (χ1v) is 14.0. The summed E-state index contributed by atoms with van der Waals surface area (Å²) in [5, 5.41) is 5.12. The van der Waals surface area contributed by atoms with Crippen LogP contribution in [0.15, 0.2) is 58.4 Å². The van der Waals surface area contributed by atoms with Gasteiger partial charge < -0.3 is 19.5 Å². The van der Waals surface area contributed by atoms with Gasteiger partial charge in [-0.3, -0.25) is 4.79 Å². The number of anilines is 1. The van der Waals surface area contributed by atoms with E-state index in [1.165, 1.54) is 30.3 Å². The average Bonchev–Trinajstić information content (AvgIpc) is 3.31. The Kier molecular flexibility index (Phi) is 11.2. The highest BCUT2D eigenvalue weighted by molar-refractivity contribution is 9.10. The smallest absolute Gasteiger partial charge is 0.341 e. The van der Waals surface area contributed by atoms with Gasteiger partial charge in [0, 0.05) is 21.5 Å². The van der Waals surface area contributed by atoms with Crippen molar-refractivity contribution < 1.29 is 23.8 Å². The molecule has 2 aromatic carbocycles. The molecule has 1 aromatic heterocycles. The number of nitrogens with one attached hydrogen (secondary N) is 1. The third-order valence-electron chi connectivity index (χ3n) is 5.53. The predicted molar refractivity (Wildman–Crippen MR) is 154 cm³/mol. The highest BCUT2D eigenvalue weighted by Crippen LogP contribution is 2.37. The van der Waals surface area contributed by atoms with E-state index in [4.69, 9.17) is 14.2 Å². The van der Waals surface area contributed by atoms with Gasteiger partial charge in [0.2, 0.25) is 5.91 Å². The Labute approximate surface area is 230 Å². The number of carbonyl (C=O) groups excluding carboxylic acids is 2. The van der Waals surface area contributed by atoms with E-state index < -0.39 is 5.97 Å². The minimum absolute atomic E-state index is 0.238. The van der Waals surface area contributed by atoms with Crippen molar-refractivity contribution in [2.45, 2.75) is 39.5 Å². The number of rotatable bonds is 13. The first-order valence-electron chi connectivity index (χ1n) is 12.3. The summed E-state index contributed by atoms with van der Waals surface area (Å²) in [5.41, 5.74) is 2.71. The molecule has 196 valence electrons. The van der Waals surface area contributed by atoms with Crippen LogP contribution in [0.5, 0.6) is 11.5 Å². The van der Waals surface area contributed by atoms with Crippen LogP contribution in [0.1, 0.15) is 55.5 Å². The van der Waals surface area contributed by atoms with Crippen LogP contribution >= 0.6 is 27.3 Å². The van der Waals surface area contributed by atoms with Crippen LogP contribution in [0.2, 0.25) is 0 Å². The second-order valence-electron chi connectivity index (χ2n) is 8.22. The SMILES string of the molecule is CCCCCCOc1ccc(/C=C/C(=O)Nc2scc(-c3ccc(Br)cc3)c2C(=O)OCC)cc1OC. The minimum Gasteiger partial charge on any atom is -0.493 e. The van der Waals surface area contributed by atoms with Crippen molar-refractivity contribution in [3.8, 4) is 22.6 Å². The van der Waals surface area contributed by atoms with Crippen LogP contribution in [0.3, 0.4) is 0 Å². The highest BCUT2D eigenvalue weighted by Gasteiger charge is 2.22. The van der Waals surface area contributed by atoms with Crippen molar-refractivity contribution in [3.05, 3.63) is 69.5 Å². The van der Waals surface area contributed by atoms with Crippen LogP contribution in [-0.2, 0) is 9.53 Å². The van der Waals surface area contributed by atoms with Crippen LogP contribution in [0.25, 0.3) is 17.2 Å². The number of carbonyl (C=O) groups is 2. The molecule has 1 N–H and O–H groups in total. The fraction of sp³-hybridized carbons (Fsp3) is 0.310. The Bertz CT molecular complexity index is 1220. The van der Waals surface area contributed by atoms with Crippen molar-refractivity contribution in [2.24, 2.45) is 0 Å². The lowest BCUT2D eigenvalue weighted by Crippen LogP contribution is -2.12. The number of benzene rings is 2. The maximum atomic E-state index is 12.8.